The van der Waals surface area contributed by atoms with Crippen molar-refractivity contribution in [3.63, 3.8) is 0 Å². The Bertz CT molecular complexity index is 2010. The molecule has 4 rings (SSSR count). The van der Waals surface area contributed by atoms with E-state index in [0.29, 0.717) is 23.5 Å². The summed E-state index contributed by atoms with van der Waals surface area (Å²) in [6, 6.07) is 19.5. The van der Waals surface area contributed by atoms with Gasteiger partial charge in [0.2, 0.25) is 5.91 Å². The third-order valence-corrected chi connectivity index (χ3v) is 9.12. The Kier molecular flexibility index (Phi) is 18.5. The summed E-state index contributed by atoms with van der Waals surface area (Å²) >= 11 is 0. The summed E-state index contributed by atoms with van der Waals surface area (Å²) in [5.41, 5.74) is 0.720. The minimum absolute atomic E-state index is 0.00555. The van der Waals surface area contributed by atoms with Crippen LogP contribution in [0.5, 0.6) is 34.5 Å². The number of nitrogens with one attached hydrogen (secondary N) is 3. The van der Waals surface area contributed by atoms with E-state index in [2.05, 4.69) is 47.2 Å². The standard InChI is InChI=1S/C46H55N3O9/c1-2-3-4-5-6-7-8-9-10-11-12-13-14-15-16-27-42(52)47-33-28-29-37(49-46(56)35-22-20-25-39(51)44(35)54)41(32-33)58-31-30-57-40-26-18-17-23-36(40)48-45(55)34-21-19-24-38(50)43(34)53/h6-7,9-10,17-26,28-29,32,50-51,53-54H,2-5,8,11-16,27,30-31H2,1H3,(H,47,52)(H,48,55)(H,49,56). The second-order valence-electron chi connectivity index (χ2n) is 13.7. The van der Waals surface area contributed by atoms with Gasteiger partial charge in [-0.15, -0.1) is 0 Å². The fourth-order valence-corrected chi connectivity index (χ4v) is 5.95. The SMILES string of the molecule is CCCCCC=CCC=CCCCCCCCC(=O)Nc1ccc(NC(=O)c2cccc(O)c2O)c(OCCOc2ccccc2NC(=O)c2cccc(O)c2O)c1. The molecule has 0 saturated carbocycles. The predicted octanol–water partition coefficient (Wildman–Crippen LogP) is 10.2. The van der Waals surface area contributed by atoms with Crippen molar-refractivity contribution in [3.05, 3.63) is 114 Å². The molecule has 0 radical (unpaired) electrons. The highest BCUT2D eigenvalue weighted by Gasteiger charge is 2.18. The number of carbonyl (C=O) groups is 3. The van der Waals surface area contributed by atoms with Gasteiger partial charge >= 0.3 is 0 Å². The van der Waals surface area contributed by atoms with E-state index in [1.807, 2.05) is 0 Å². The lowest BCUT2D eigenvalue weighted by molar-refractivity contribution is -0.116. The Morgan fingerprint density at radius 2 is 1.12 bits per heavy atom. The Morgan fingerprint density at radius 3 is 1.76 bits per heavy atom. The van der Waals surface area contributed by atoms with E-state index in [-0.39, 0.29) is 41.7 Å². The second kappa shape index (κ2) is 24.3. The van der Waals surface area contributed by atoms with E-state index < -0.39 is 34.8 Å². The summed E-state index contributed by atoms with van der Waals surface area (Å²) in [7, 11) is 0. The Balaban J connectivity index is 1.29. The maximum atomic E-state index is 13.1. The zero-order valence-electron chi connectivity index (χ0n) is 33.0. The monoisotopic (exact) mass is 793 g/mol. The van der Waals surface area contributed by atoms with Crippen LogP contribution in [-0.2, 0) is 4.79 Å². The van der Waals surface area contributed by atoms with Crippen LogP contribution in [0.3, 0.4) is 0 Å². The molecule has 3 amide bonds. The number of rotatable bonds is 24. The Labute approximate surface area is 340 Å². The van der Waals surface area contributed by atoms with Crippen molar-refractivity contribution in [1.82, 2.24) is 0 Å². The van der Waals surface area contributed by atoms with Crippen molar-refractivity contribution >= 4 is 34.8 Å². The number of aromatic hydroxyl groups is 4. The maximum absolute atomic E-state index is 13.1. The molecule has 0 aliphatic heterocycles. The molecule has 4 aromatic carbocycles. The van der Waals surface area contributed by atoms with Crippen molar-refractivity contribution in [1.29, 1.82) is 0 Å². The van der Waals surface area contributed by atoms with Gasteiger partial charge in [0.25, 0.3) is 11.8 Å². The minimum atomic E-state index is -0.699. The van der Waals surface area contributed by atoms with Crippen molar-refractivity contribution in [2.75, 3.05) is 29.2 Å². The molecule has 0 saturated heterocycles. The summed E-state index contributed by atoms with van der Waals surface area (Å²) in [4.78, 5) is 38.8. The highest BCUT2D eigenvalue weighted by molar-refractivity contribution is 6.08. The van der Waals surface area contributed by atoms with Gasteiger partial charge in [0, 0.05) is 18.2 Å². The second-order valence-corrected chi connectivity index (χ2v) is 13.7. The molecule has 12 nitrogen and oxygen atoms in total. The summed E-state index contributed by atoms with van der Waals surface area (Å²) in [5, 5.41) is 48.3. The van der Waals surface area contributed by atoms with Gasteiger partial charge in [-0.2, -0.15) is 0 Å². The first-order chi connectivity index (χ1) is 28.2. The van der Waals surface area contributed by atoms with Gasteiger partial charge < -0.3 is 45.9 Å². The molecule has 0 heterocycles. The van der Waals surface area contributed by atoms with Gasteiger partial charge in [0.1, 0.15) is 24.7 Å². The highest BCUT2D eigenvalue weighted by Crippen LogP contribution is 2.33. The summed E-state index contributed by atoms with van der Waals surface area (Å²) < 4.78 is 11.9. The number of carbonyl (C=O) groups excluding carboxylic acids is 3. The van der Waals surface area contributed by atoms with Crippen molar-refractivity contribution < 1.29 is 44.3 Å². The van der Waals surface area contributed by atoms with E-state index >= 15 is 0 Å². The molecule has 58 heavy (non-hydrogen) atoms. The van der Waals surface area contributed by atoms with E-state index in [0.717, 1.165) is 51.4 Å². The number of hydrogen-bond donors (Lipinski definition) is 7. The molecule has 0 atom stereocenters. The fourth-order valence-electron chi connectivity index (χ4n) is 5.95. The molecule has 0 aromatic heterocycles. The number of phenols is 4. The van der Waals surface area contributed by atoms with Crippen LogP contribution in [-0.4, -0.2) is 51.4 Å². The smallest absolute Gasteiger partial charge is 0.259 e. The number of ether oxygens (including phenoxy) is 2. The molecule has 0 unspecified atom stereocenters. The van der Waals surface area contributed by atoms with Gasteiger partial charge in [-0.25, -0.2) is 0 Å². The van der Waals surface area contributed by atoms with E-state index in [1.54, 1.807) is 42.5 Å². The maximum Gasteiger partial charge on any atom is 0.259 e. The number of benzene rings is 4. The topological polar surface area (TPSA) is 187 Å². The van der Waals surface area contributed by atoms with Crippen LogP contribution in [0.15, 0.2) is 103 Å². The molecule has 12 heteroatoms. The van der Waals surface area contributed by atoms with Crippen LogP contribution in [0.1, 0.15) is 105 Å². The number of para-hydroxylation sites is 4. The van der Waals surface area contributed by atoms with Crippen molar-refractivity contribution in [3.8, 4) is 34.5 Å². The minimum Gasteiger partial charge on any atom is -0.504 e. The van der Waals surface area contributed by atoms with Gasteiger partial charge in [0.15, 0.2) is 23.0 Å². The Hall–Kier alpha value is -6.43. The zero-order valence-corrected chi connectivity index (χ0v) is 33.0. The van der Waals surface area contributed by atoms with Gasteiger partial charge in [0.05, 0.1) is 22.5 Å². The van der Waals surface area contributed by atoms with E-state index in [1.165, 1.54) is 55.7 Å². The molecule has 4 aromatic rings. The average Bonchev–Trinajstić information content (AvgIpc) is 3.21. The molecular weight excluding hydrogens is 739 g/mol. The van der Waals surface area contributed by atoms with Gasteiger partial charge in [-0.3, -0.25) is 14.4 Å². The number of allylic oxidation sites excluding steroid dienone is 4. The van der Waals surface area contributed by atoms with Crippen LogP contribution in [0, 0.1) is 0 Å². The number of hydrogen-bond acceptors (Lipinski definition) is 9. The molecule has 0 aliphatic carbocycles. The number of phenolic OH excluding ortho intramolecular Hbond substituents is 4. The normalized spacial score (nSPS) is 11.1. The molecular formula is C46H55N3O9. The third kappa shape index (κ3) is 14.6. The average molecular weight is 794 g/mol. The van der Waals surface area contributed by atoms with Crippen LogP contribution in [0.25, 0.3) is 0 Å². The molecule has 7 N–H and O–H groups in total. The Morgan fingerprint density at radius 1 is 0.569 bits per heavy atom. The summed E-state index contributed by atoms with van der Waals surface area (Å²) in [5.74, 6) is -2.99. The quantitative estimate of drug-likeness (QED) is 0.0206. The van der Waals surface area contributed by atoms with Crippen LogP contribution < -0.4 is 25.4 Å². The number of unbranched alkanes of at least 4 members (excludes halogenated alkanes) is 8. The molecule has 0 spiro atoms. The molecule has 308 valence electrons. The first kappa shape index (κ1) is 44.3. The number of anilines is 3. The van der Waals surface area contributed by atoms with E-state index in [4.69, 9.17) is 9.47 Å². The number of amides is 3. The summed E-state index contributed by atoms with van der Waals surface area (Å²) in [6.45, 7) is 2.18. The molecule has 0 fully saturated rings. The lowest BCUT2D eigenvalue weighted by atomic mass is 10.1. The molecule has 0 bridgehead atoms. The largest absolute Gasteiger partial charge is 0.504 e. The summed E-state index contributed by atoms with van der Waals surface area (Å²) in [6.07, 6.45) is 21.3. The van der Waals surface area contributed by atoms with Gasteiger partial charge in [-0.1, -0.05) is 87.6 Å². The van der Waals surface area contributed by atoms with Crippen LogP contribution in [0.4, 0.5) is 17.1 Å². The predicted molar refractivity (Wildman–Crippen MR) is 227 cm³/mol. The lowest BCUT2D eigenvalue weighted by Gasteiger charge is -2.16. The first-order valence-electron chi connectivity index (χ1n) is 19.9. The lowest BCUT2D eigenvalue weighted by Crippen LogP contribution is -2.16. The van der Waals surface area contributed by atoms with Crippen molar-refractivity contribution in [2.45, 2.75) is 84.0 Å². The van der Waals surface area contributed by atoms with Crippen LogP contribution in [0.2, 0.25) is 0 Å². The third-order valence-electron chi connectivity index (χ3n) is 9.12. The van der Waals surface area contributed by atoms with Crippen molar-refractivity contribution in [2.24, 2.45) is 0 Å². The molecule has 0 aliphatic rings. The first-order valence-corrected chi connectivity index (χ1v) is 19.9. The highest BCUT2D eigenvalue weighted by atomic mass is 16.5. The van der Waals surface area contributed by atoms with Crippen LogP contribution >= 0.6 is 0 Å². The fraction of sp³-hybridized carbons (Fsp3) is 0.326. The zero-order chi connectivity index (χ0) is 41.5. The van der Waals surface area contributed by atoms with Gasteiger partial charge in [-0.05, 0) is 87.1 Å². The van der Waals surface area contributed by atoms with E-state index in [9.17, 15) is 34.8 Å².